The summed E-state index contributed by atoms with van der Waals surface area (Å²) >= 11 is 0. The van der Waals surface area contributed by atoms with Crippen molar-refractivity contribution in [1.29, 1.82) is 0 Å². The van der Waals surface area contributed by atoms with E-state index in [-0.39, 0.29) is 5.60 Å². The molecule has 0 spiro atoms. The van der Waals surface area contributed by atoms with E-state index in [9.17, 15) is 0 Å². The maximum absolute atomic E-state index is 6.59. The van der Waals surface area contributed by atoms with Gasteiger partial charge in [-0.3, -0.25) is 0 Å². The van der Waals surface area contributed by atoms with Gasteiger partial charge in [0.1, 0.15) is 0 Å². The van der Waals surface area contributed by atoms with Gasteiger partial charge in [-0.2, -0.15) is 0 Å². The third kappa shape index (κ3) is 1.70. The Hall–Kier alpha value is -0.120. The van der Waals surface area contributed by atoms with E-state index >= 15 is 0 Å². The van der Waals surface area contributed by atoms with E-state index < -0.39 is 0 Å². The summed E-state index contributed by atoms with van der Waals surface area (Å²) in [4.78, 5) is 0. The van der Waals surface area contributed by atoms with E-state index in [4.69, 9.17) is 4.74 Å². The Bertz CT molecular complexity index is 466. The lowest BCUT2D eigenvalue weighted by Crippen LogP contribution is -2.75. The first-order valence-corrected chi connectivity index (χ1v) is 10.8. The lowest BCUT2D eigenvalue weighted by molar-refractivity contribution is -0.223. The molecule has 3 saturated carbocycles. The molecule has 0 aromatic carbocycles. The van der Waals surface area contributed by atoms with Crippen LogP contribution in [0.5, 0.6) is 0 Å². The van der Waals surface area contributed by atoms with Crippen LogP contribution in [-0.4, -0.2) is 37.4 Å². The van der Waals surface area contributed by atoms with Gasteiger partial charge >= 0.3 is 0 Å². The molecule has 0 amide bonds. The van der Waals surface area contributed by atoms with Crippen molar-refractivity contribution in [1.82, 2.24) is 10.6 Å². The van der Waals surface area contributed by atoms with Crippen molar-refractivity contribution in [2.24, 2.45) is 22.7 Å². The van der Waals surface area contributed by atoms with Crippen LogP contribution in [0.1, 0.15) is 70.6 Å². The van der Waals surface area contributed by atoms with Gasteiger partial charge in [-0.25, -0.2) is 0 Å². The Morgan fingerprint density at radius 1 is 0.750 bits per heavy atom. The highest BCUT2D eigenvalue weighted by Gasteiger charge is 2.66. The van der Waals surface area contributed by atoms with Crippen molar-refractivity contribution in [2.75, 3.05) is 26.2 Å². The lowest BCUT2D eigenvalue weighted by Gasteiger charge is -2.67. The zero-order chi connectivity index (χ0) is 15.9. The molecule has 0 aromatic rings. The minimum atomic E-state index is 0.190. The molecule has 0 aromatic heterocycles. The number of fused-ring (bicyclic) bond motifs is 8. The van der Waals surface area contributed by atoms with Crippen molar-refractivity contribution in [3.05, 3.63) is 0 Å². The molecular weight excluding hydrogens is 296 g/mol. The van der Waals surface area contributed by atoms with Crippen LogP contribution in [0.3, 0.4) is 0 Å². The predicted molar refractivity (Wildman–Crippen MR) is 94.9 cm³/mol. The average Bonchev–Trinajstić information content (AvgIpc) is 3.00. The molecule has 3 aliphatic carbocycles. The Kier molecular flexibility index (Phi) is 2.98. The molecule has 8 aliphatic rings. The number of rotatable bonds is 2. The molecule has 3 heteroatoms. The first-order valence-electron chi connectivity index (χ1n) is 10.8. The molecule has 5 aliphatic heterocycles. The summed E-state index contributed by atoms with van der Waals surface area (Å²) in [5.74, 6) is 1.84. The Morgan fingerprint density at radius 2 is 1.54 bits per heavy atom. The molecule has 0 radical (unpaired) electrons. The van der Waals surface area contributed by atoms with Gasteiger partial charge in [-0.1, -0.05) is 0 Å². The predicted octanol–water partition coefficient (Wildman–Crippen LogP) is 3.24. The molecule has 6 bridgehead atoms. The maximum Gasteiger partial charge on any atom is 0.0863 e. The minimum absolute atomic E-state index is 0.190. The monoisotopic (exact) mass is 330 g/mol. The van der Waals surface area contributed by atoms with Crippen molar-refractivity contribution in [3.63, 3.8) is 0 Å². The molecular formula is C21H34N2O. The van der Waals surface area contributed by atoms with Crippen molar-refractivity contribution >= 4 is 0 Å². The van der Waals surface area contributed by atoms with Crippen molar-refractivity contribution < 1.29 is 4.74 Å². The van der Waals surface area contributed by atoms with E-state index in [1.54, 1.807) is 0 Å². The fourth-order valence-corrected chi connectivity index (χ4v) is 8.29. The summed E-state index contributed by atoms with van der Waals surface area (Å²) in [6.45, 7) is 4.90. The molecule has 24 heavy (non-hydrogen) atoms. The molecule has 2 unspecified atom stereocenters. The van der Waals surface area contributed by atoms with E-state index in [0.717, 1.165) is 18.4 Å². The average molecular weight is 331 g/mol. The fourth-order valence-electron chi connectivity index (χ4n) is 8.29. The van der Waals surface area contributed by atoms with Gasteiger partial charge in [0.25, 0.3) is 0 Å². The van der Waals surface area contributed by atoms with Crippen LogP contribution in [0, 0.1) is 22.7 Å². The highest BCUT2D eigenvalue weighted by molar-refractivity contribution is 5.21. The number of hydrogen-bond donors (Lipinski definition) is 2. The molecule has 3 nitrogen and oxygen atoms in total. The first-order chi connectivity index (χ1) is 11.7. The van der Waals surface area contributed by atoms with E-state index in [0.29, 0.717) is 16.4 Å². The van der Waals surface area contributed by atoms with Crippen LogP contribution in [0.4, 0.5) is 0 Å². The highest BCUT2D eigenvalue weighted by Crippen LogP contribution is 2.65. The van der Waals surface area contributed by atoms with Crippen LogP contribution in [0.25, 0.3) is 0 Å². The summed E-state index contributed by atoms with van der Waals surface area (Å²) in [5, 5.41) is 7.99. The molecule has 8 rings (SSSR count). The largest absolute Gasteiger partial charge is 0.373 e. The van der Waals surface area contributed by atoms with E-state index in [2.05, 4.69) is 10.6 Å². The second-order valence-corrected chi connectivity index (χ2v) is 10.5. The zero-order valence-electron chi connectivity index (χ0n) is 15.2. The smallest absolute Gasteiger partial charge is 0.0863 e. The SMILES string of the molecule is C1CC2(C34CCC(C56CCC(CNC5)C6)(CC3)CN4)CCC1CO2. The van der Waals surface area contributed by atoms with Crippen LogP contribution in [0.15, 0.2) is 0 Å². The highest BCUT2D eigenvalue weighted by atomic mass is 16.5. The van der Waals surface area contributed by atoms with Crippen molar-refractivity contribution in [2.45, 2.75) is 81.8 Å². The van der Waals surface area contributed by atoms with Gasteiger partial charge in [-0.15, -0.1) is 0 Å². The topological polar surface area (TPSA) is 33.3 Å². The number of ether oxygens (including phenoxy) is 1. The van der Waals surface area contributed by atoms with Gasteiger partial charge in [0.15, 0.2) is 0 Å². The third-order valence-corrected chi connectivity index (χ3v) is 9.94. The van der Waals surface area contributed by atoms with Crippen LogP contribution >= 0.6 is 0 Å². The minimum Gasteiger partial charge on any atom is -0.373 e. The third-order valence-electron chi connectivity index (χ3n) is 9.94. The molecule has 2 N–H and O–H groups in total. The van der Waals surface area contributed by atoms with Crippen LogP contribution in [0.2, 0.25) is 0 Å². The zero-order valence-corrected chi connectivity index (χ0v) is 15.2. The number of nitrogens with one attached hydrogen (secondary N) is 2. The summed E-state index contributed by atoms with van der Waals surface area (Å²) < 4.78 is 6.59. The van der Waals surface area contributed by atoms with Crippen LogP contribution in [-0.2, 0) is 4.74 Å². The molecule has 5 saturated heterocycles. The Balaban J connectivity index is 1.28. The van der Waals surface area contributed by atoms with Gasteiger partial charge < -0.3 is 15.4 Å². The second kappa shape index (κ2) is 4.78. The van der Waals surface area contributed by atoms with Gasteiger partial charge in [0.05, 0.1) is 12.2 Å². The summed E-state index contributed by atoms with van der Waals surface area (Å²) in [5.41, 5.74) is 1.70. The molecule has 5 heterocycles. The lowest BCUT2D eigenvalue weighted by atomic mass is 9.47. The van der Waals surface area contributed by atoms with Crippen molar-refractivity contribution in [3.8, 4) is 0 Å². The fraction of sp³-hybridized carbons (Fsp3) is 1.00. The Morgan fingerprint density at radius 3 is 2.21 bits per heavy atom. The normalized spacial score (nSPS) is 59.0. The quantitative estimate of drug-likeness (QED) is 0.815. The van der Waals surface area contributed by atoms with Gasteiger partial charge in [0, 0.05) is 18.6 Å². The first kappa shape index (κ1) is 15.0. The second-order valence-electron chi connectivity index (χ2n) is 10.5. The van der Waals surface area contributed by atoms with Gasteiger partial charge in [0.2, 0.25) is 0 Å². The Labute approximate surface area is 146 Å². The molecule has 134 valence electrons. The number of hydrogen-bond acceptors (Lipinski definition) is 3. The molecule has 8 fully saturated rings. The summed E-state index contributed by atoms with van der Waals surface area (Å²) in [7, 11) is 0. The number of piperidine rings is 3. The maximum atomic E-state index is 6.59. The summed E-state index contributed by atoms with van der Waals surface area (Å²) in [6.07, 6.45) is 15.7. The van der Waals surface area contributed by atoms with E-state index in [1.807, 2.05) is 0 Å². The van der Waals surface area contributed by atoms with Gasteiger partial charge in [-0.05, 0) is 99.8 Å². The van der Waals surface area contributed by atoms with Crippen LogP contribution < -0.4 is 10.6 Å². The molecule has 2 atom stereocenters. The standard InChI is InChI=1S/C21H34N2O/c1-4-19(11-17(1)12-22-14-19)18-7-9-20(10-8-18,23-15-18)21-5-2-16(3-6-21)13-24-21/h16-17,22-23H,1-15H2. The summed E-state index contributed by atoms with van der Waals surface area (Å²) in [6, 6.07) is 0. The van der Waals surface area contributed by atoms with E-state index in [1.165, 1.54) is 90.3 Å².